The average molecular weight is 575 g/mol. The summed E-state index contributed by atoms with van der Waals surface area (Å²) in [5.41, 5.74) is 1.66. The van der Waals surface area contributed by atoms with Gasteiger partial charge in [-0.15, -0.1) is 0 Å². The first-order valence-electron chi connectivity index (χ1n) is 12.6. The highest BCUT2D eigenvalue weighted by Crippen LogP contribution is 2.36. The molecule has 1 atom stereocenters. The van der Waals surface area contributed by atoms with Crippen molar-refractivity contribution in [2.45, 2.75) is 19.9 Å². The van der Waals surface area contributed by atoms with Crippen LogP contribution in [-0.4, -0.2) is 42.4 Å². The Bertz CT molecular complexity index is 1880. The van der Waals surface area contributed by atoms with Crippen LogP contribution in [0.15, 0.2) is 80.1 Å². The Labute approximate surface area is 238 Å². The first-order valence-corrected chi connectivity index (χ1v) is 13.4. The summed E-state index contributed by atoms with van der Waals surface area (Å²) in [5.74, 6) is 0.193. The fourth-order valence-corrected chi connectivity index (χ4v) is 5.68. The average Bonchev–Trinajstić information content (AvgIpc) is 3.56. The van der Waals surface area contributed by atoms with Crippen LogP contribution in [0.5, 0.6) is 11.5 Å². The quantitative estimate of drug-likeness (QED) is 0.315. The van der Waals surface area contributed by atoms with Crippen molar-refractivity contribution in [2.75, 3.05) is 20.8 Å². The van der Waals surface area contributed by atoms with E-state index in [4.69, 9.17) is 18.6 Å². The van der Waals surface area contributed by atoms with Crippen molar-refractivity contribution in [1.82, 2.24) is 4.57 Å². The number of fused-ring (bicyclic) bond motifs is 1. The maximum absolute atomic E-state index is 13.9. The van der Waals surface area contributed by atoms with Gasteiger partial charge in [0.2, 0.25) is 0 Å². The molecule has 0 fully saturated rings. The van der Waals surface area contributed by atoms with E-state index in [0.717, 1.165) is 11.3 Å². The Balaban J connectivity index is 1.64. The number of nitrogens with zero attached hydrogens (tertiary/aromatic N) is 2. The number of allylic oxidation sites excluding steroid dienone is 1. The number of aromatic nitrogens is 1. The second-order valence-electron chi connectivity index (χ2n) is 9.00. The minimum absolute atomic E-state index is 0.136. The van der Waals surface area contributed by atoms with Crippen LogP contribution in [0.1, 0.15) is 41.6 Å². The lowest BCUT2D eigenvalue weighted by atomic mass is 9.95. The maximum Gasteiger partial charge on any atom is 0.338 e. The number of carbonyl (C=O) groups is 2. The number of hydrogen-bond acceptors (Lipinski definition) is 9. The van der Waals surface area contributed by atoms with E-state index in [0.29, 0.717) is 49.2 Å². The molecule has 0 spiro atoms. The van der Waals surface area contributed by atoms with E-state index in [-0.39, 0.29) is 23.3 Å². The molecule has 2 aromatic heterocycles. The number of carboxylic acids is 1. The summed E-state index contributed by atoms with van der Waals surface area (Å²) < 4.78 is 23.9. The van der Waals surface area contributed by atoms with Crippen LogP contribution < -0.4 is 24.4 Å². The smallest absolute Gasteiger partial charge is 0.338 e. The van der Waals surface area contributed by atoms with Gasteiger partial charge < -0.3 is 23.7 Å². The Kier molecular flexibility index (Phi) is 7.62. The van der Waals surface area contributed by atoms with Gasteiger partial charge in [-0.25, -0.2) is 14.6 Å². The lowest BCUT2D eigenvalue weighted by Crippen LogP contribution is -2.39. The minimum Gasteiger partial charge on any atom is -0.493 e. The first kappa shape index (κ1) is 27.7. The number of esters is 1. The topological polar surface area (TPSA) is 130 Å². The van der Waals surface area contributed by atoms with Crippen LogP contribution in [0.2, 0.25) is 0 Å². The normalized spacial score (nSPS) is 14.8. The van der Waals surface area contributed by atoms with E-state index in [1.807, 2.05) is 0 Å². The monoisotopic (exact) mass is 574 g/mol. The lowest BCUT2D eigenvalue weighted by Gasteiger charge is -2.25. The van der Waals surface area contributed by atoms with Crippen molar-refractivity contribution < 1.29 is 33.3 Å². The second-order valence-corrected chi connectivity index (χ2v) is 10.0. The number of benzene rings is 2. The third-order valence-electron chi connectivity index (χ3n) is 6.53. The SMILES string of the molecule is CCOC(=O)C1=C(C)N=c2s/c(=C\c3ccc(-c4cccc(C(=O)O)c4)o3)c(=O)n2[C@H]1c1ccc(OC)c(OC)c1. The maximum atomic E-state index is 13.9. The molecule has 0 bridgehead atoms. The summed E-state index contributed by atoms with van der Waals surface area (Å²) in [6.07, 6.45) is 1.60. The van der Waals surface area contributed by atoms with Gasteiger partial charge in [0.25, 0.3) is 5.56 Å². The molecule has 0 radical (unpaired) electrons. The molecule has 0 saturated heterocycles. The highest BCUT2D eigenvalue weighted by atomic mass is 32.1. The van der Waals surface area contributed by atoms with Crippen LogP contribution in [0.3, 0.4) is 0 Å². The zero-order valence-electron chi connectivity index (χ0n) is 22.7. The van der Waals surface area contributed by atoms with Crippen molar-refractivity contribution in [3.8, 4) is 22.8 Å². The largest absolute Gasteiger partial charge is 0.493 e. The Hall–Kier alpha value is -4.90. The third kappa shape index (κ3) is 5.19. The number of carbonyl (C=O) groups excluding carboxylic acids is 1. The molecule has 4 aromatic rings. The molecule has 0 amide bonds. The number of aromatic carboxylic acids is 1. The third-order valence-corrected chi connectivity index (χ3v) is 7.52. The van der Waals surface area contributed by atoms with E-state index < -0.39 is 18.0 Å². The molecular formula is C30H26N2O8S. The second kappa shape index (κ2) is 11.3. The number of rotatable bonds is 8. The zero-order chi connectivity index (χ0) is 29.3. The fourth-order valence-electron chi connectivity index (χ4n) is 4.65. The molecule has 0 aliphatic carbocycles. The molecule has 5 rings (SSSR count). The van der Waals surface area contributed by atoms with Crippen molar-refractivity contribution in [1.29, 1.82) is 0 Å². The van der Waals surface area contributed by atoms with E-state index in [9.17, 15) is 19.5 Å². The summed E-state index contributed by atoms with van der Waals surface area (Å²) in [6, 6.07) is 14.2. The molecular weight excluding hydrogens is 548 g/mol. The number of thiazole rings is 1. The Morgan fingerprint density at radius 2 is 1.88 bits per heavy atom. The molecule has 1 aliphatic rings. The molecule has 41 heavy (non-hydrogen) atoms. The number of hydrogen-bond donors (Lipinski definition) is 1. The van der Waals surface area contributed by atoms with Crippen LogP contribution in [0, 0.1) is 0 Å². The molecule has 0 saturated carbocycles. The fraction of sp³-hybridized carbons (Fsp3) is 0.200. The number of methoxy groups -OCH3 is 2. The molecule has 1 aliphatic heterocycles. The summed E-state index contributed by atoms with van der Waals surface area (Å²) in [7, 11) is 3.04. The van der Waals surface area contributed by atoms with Crippen molar-refractivity contribution in [2.24, 2.45) is 4.99 Å². The summed E-state index contributed by atoms with van der Waals surface area (Å²) >= 11 is 1.16. The number of carboxylic acid groups (broad SMARTS) is 1. The van der Waals surface area contributed by atoms with Crippen LogP contribution >= 0.6 is 11.3 Å². The number of ether oxygens (including phenoxy) is 3. The molecule has 210 valence electrons. The van der Waals surface area contributed by atoms with E-state index in [1.165, 1.54) is 30.9 Å². The van der Waals surface area contributed by atoms with Gasteiger partial charge in [-0.05, 0) is 55.8 Å². The molecule has 2 aromatic carbocycles. The van der Waals surface area contributed by atoms with Gasteiger partial charge in [0.1, 0.15) is 11.5 Å². The van der Waals surface area contributed by atoms with Crippen molar-refractivity contribution in [3.63, 3.8) is 0 Å². The van der Waals surface area contributed by atoms with E-state index >= 15 is 0 Å². The van der Waals surface area contributed by atoms with Gasteiger partial charge in [0.15, 0.2) is 16.3 Å². The van der Waals surface area contributed by atoms with Gasteiger partial charge in [-0.2, -0.15) is 0 Å². The van der Waals surface area contributed by atoms with Crippen molar-refractivity contribution in [3.05, 3.63) is 102 Å². The Morgan fingerprint density at radius 3 is 2.59 bits per heavy atom. The van der Waals surface area contributed by atoms with Crippen LogP contribution in [0.25, 0.3) is 17.4 Å². The van der Waals surface area contributed by atoms with Gasteiger partial charge in [0.05, 0.1) is 48.2 Å². The summed E-state index contributed by atoms with van der Waals surface area (Å²) in [4.78, 5) is 43.3. The Morgan fingerprint density at radius 1 is 1.10 bits per heavy atom. The summed E-state index contributed by atoms with van der Waals surface area (Å²) in [6.45, 7) is 3.58. The van der Waals surface area contributed by atoms with Gasteiger partial charge in [-0.1, -0.05) is 29.5 Å². The van der Waals surface area contributed by atoms with E-state index in [1.54, 1.807) is 62.4 Å². The molecule has 11 heteroatoms. The lowest BCUT2D eigenvalue weighted by molar-refractivity contribution is -0.139. The predicted molar refractivity (Wildman–Crippen MR) is 151 cm³/mol. The highest BCUT2D eigenvalue weighted by molar-refractivity contribution is 7.07. The molecule has 0 unspecified atom stereocenters. The van der Waals surface area contributed by atoms with E-state index in [2.05, 4.69) is 4.99 Å². The molecule has 10 nitrogen and oxygen atoms in total. The van der Waals surface area contributed by atoms with Crippen LogP contribution in [0.4, 0.5) is 0 Å². The van der Waals surface area contributed by atoms with Crippen LogP contribution in [-0.2, 0) is 9.53 Å². The van der Waals surface area contributed by atoms with Gasteiger partial charge in [-0.3, -0.25) is 9.36 Å². The first-order chi connectivity index (χ1) is 19.7. The number of furan rings is 1. The minimum atomic E-state index is -1.04. The molecule has 1 N–H and O–H groups in total. The molecule has 3 heterocycles. The van der Waals surface area contributed by atoms with Gasteiger partial charge >= 0.3 is 11.9 Å². The zero-order valence-corrected chi connectivity index (χ0v) is 23.5. The highest BCUT2D eigenvalue weighted by Gasteiger charge is 2.34. The standard InChI is InChI=1S/C30H26N2O8S/c1-5-39-29(36)25-16(2)31-30-32(26(25)18-9-11-22(37-3)23(14-18)38-4)27(33)24(41-30)15-20-10-12-21(40-20)17-7-6-8-19(13-17)28(34)35/h6-15,26H,5H2,1-4H3,(H,34,35)/b24-15-/t26-/m0/s1. The van der Waals surface area contributed by atoms with Crippen molar-refractivity contribution >= 4 is 29.4 Å². The predicted octanol–water partition coefficient (Wildman–Crippen LogP) is 3.77. The van der Waals surface area contributed by atoms with Gasteiger partial charge in [0, 0.05) is 11.6 Å². The summed E-state index contributed by atoms with van der Waals surface area (Å²) in [5, 5.41) is 9.30.